The maximum atomic E-state index is 11.5. The number of hydrogen-bond donors (Lipinski definition) is 2. The van der Waals surface area contributed by atoms with Crippen LogP contribution in [0.1, 0.15) is 0 Å². The van der Waals surface area contributed by atoms with Gasteiger partial charge in [-0.2, -0.15) is 0 Å². The lowest BCUT2D eigenvalue weighted by atomic mass is 10.5. The van der Waals surface area contributed by atoms with Gasteiger partial charge in [0.1, 0.15) is 10.0 Å². The van der Waals surface area contributed by atoms with Gasteiger partial charge in [-0.3, -0.25) is 0 Å². The monoisotopic (exact) mass is 235 g/mol. The summed E-state index contributed by atoms with van der Waals surface area (Å²) in [5.41, 5.74) is 5.18. The molecule has 0 fully saturated rings. The first-order chi connectivity index (χ1) is 6.58. The number of nitrogens with zero attached hydrogens (tertiary/aromatic N) is 1. The van der Waals surface area contributed by atoms with Crippen molar-refractivity contribution in [3.8, 4) is 0 Å². The first kappa shape index (κ1) is 11.4. The zero-order chi connectivity index (χ0) is 10.6. The summed E-state index contributed by atoms with van der Waals surface area (Å²) < 4.78 is 25.3. The van der Waals surface area contributed by atoms with Crippen LogP contribution in [-0.4, -0.2) is 26.5 Å². The summed E-state index contributed by atoms with van der Waals surface area (Å²) in [5.74, 6) is 0. The summed E-state index contributed by atoms with van der Waals surface area (Å²) in [6, 6.07) is 2.89. The van der Waals surface area contributed by atoms with Crippen molar-refractivity contribution in [2.24, 2.45) is 5.73 Å². The highest BCUT2D eigenvalue weighted by Gasteiger charge is 2.16. The SMILES string of the molecule is NCCNS(=O)(=O)c1cccnc1Cl. The standard InChI is InChI=1S/C7H10ClN3O2S/c8-7-6(2-1-4-10-7)14(12,13)11-5-3-9/h1-2,4,11H,3,5,9H2. The van der Waals surface area contributed by atoms with E-state index in [0.29, 0.717) is 0 Å². The van der Waals surface area contributed by atoms with Crippen molar-refractivity contribution in [2.45, 2.75) is 4.90 Å². The summed E-state index contributed by atoms with van der Waals surface area (Å²) in [6.45, 7) is 0.407. The Morgan fingerprint density at radius 2 is 2.29 bits per heavy atom. The van der Waals surface area contributed by atoms with Crippen LogP contribution in [0, 0.1) is 0 Å². The molecule has 0 aromatic carbocycles. The second kappa shape index (κ2) is 4.70. The molecule has 1 heterocycles. The molecule has 1 aromatic heterocycles. The van der Waals surface area contributed by atoms with Gasteiger partial charge in [-0.1, -0.05) is 11.6 Å². The number of pyridine rings is 1. The lowest BCUT2D eigenvalue weighted by molar-refractivity contribution is 0.582. The van der Waals surface area contributed by atoms with Crippen LogP contribution < -0.4 is 10.5 Å². The number of aromatic nitrogens is 1. The first-order valence-electron chi connectivity index (χ1n) is 3.88. The Morgan fingerprint density at radius 1 is 1.57 bits per heavy atom. The van der Waals surface area contributed by atoms with Crippen LogP contribution in [0.15, 0.2) is 23.2 Å². The van der Waals surface area contributed by atoms with Gasteiger partial charge < -0.3 is 5.73 Å². The number of rotatable bonds is 4. The zero-order valence-corrected chi connectivity index (χ0v) is 8.85. The molecule has 0 saturated carbocycles. The molecule has 0 saturated heterocycles. The van der Waals surface area contributed by atoms with Gasteiger partial charge >= 0.3 is 0 Å². The van der Waals surface area contributed by atoms with Crippen LogP contribution in [0.5, 0.6) is 0 Å². The molecular formula is C7H10ClN3O2S. The van der Waals surface area contributed by atoms with Gasteiger partial charge in [0.2, 0.25) is 10.0 Å². The van der Waals surface area contributed by atoms with E-state index in [1.165, 1.54) is 18.3 Å². The van der Waals surface area contributed by atoms with E-state index in [1.807, 2.05) is 0 Å². The minimum atomic E-state index is -3.58. The summed E-state index contributed by atoms with van der Waals surface area (Å²) >= 11 is 5.63. The van der Waals surface area contributed by atoms with Crippen molar-refractivity contribution in [3.63, 3.8) is 0 Å². The minimum Gasteiger partial charge on any atom is -0.329 e. The maximum Gasteiger partial charge on any atom is 0.243 e. The van der Waals surface area contributed by atoms with Crippen LogP contribution in [0.25, 0.3) is 0 Å². The first-order valence-corrected chi connectivity index (χ1v) is 5.74. The van der Waals surface area contributed by atoms with Gasteiger partial charge in [-0.25, -0.2) is 18.1 Å². The van der Waals surface area contributed by atoms with Gasteiger partial charge in [0.25, 0.3) is 0 Å². The summed E-state index contributed by atoms with van der Waals surface area (Å²) in [7, 11) is -3.58. The Kier molecular flexibility index (Phi) is 3.82. The highest BCUT2D eigenvalue weighted by Crippen LogP contribution is 2.16. The van der Waals surface area contributed by atoms with E-state index < -0.39 is 10.0 Å². The Balaban J connectivity index is 2.99. The predicted molar refractivity (Wildman–Crippen MR) is 53.5 cm³/mol. The van der Waals surface area contributed by atoms with Crippen molar-refractivity contribution < 1.29 is 8.42 Å². The normalized spacial score (nSPS) is 11.6. The second-order valence-electron chi connectivity index (χ2n) is 2.48. The topological polar surface area (TPSA) is 85.1 Å². The molecule has 5 nitrogen and oxygen atoms in total. The number of nitrogens with one attached hydrogen (secondary N) is 1. The molecule has 0 spiro atoms. The van der Waals surface area contributed by atoms with E-state index in [9.17, 15) is 8.42 Å². The molecule has 14 heavy (non-hydrogen) atoms. The van der Waals surface area contributed by atoms with Crippen LogP contribution >= 0.6 is 11.6 Å². The van der Waals surface area contributed by atoms with Crippen LogP contribution in [-0.2, 0) is 10.0 Å². The third-order valence-electron chi connectivity index (χ3n) is 1.45. The fourth-order valence-electron chi connectivity index (χ4n) is 0.843. The fraction of sp³-hybridized carbons (Fsp3) is 0.286. The molecule has 0 atom stereocenters. The number of hydrogen-bond acceptors (Lipinski definition) is 4. The van der Waals surface area contributed by atoms with E-state index in [1.54, 1.807) is 0 Å². The summed E-state index contributed by atoms with van der Waals surface area (Å²) in [6.07, 6.45) is 1.42. The van der Waals surface area contributed by atoms with Gasteiger partial charge in [-0.05, 0) is 12.1 Å². The quantitative estimate of drug-likeness (QED) is 0.718. The van der Waals surface area contributed by atoms with E-state index in [4.69, 9.17) is 17.3 Å². The summed E-state index contributed by atoms with van der Waals surface area (Å²) in [4.78, 5) is 3.64. The molecule has 78 valence electrons. The fourth-order valence-corrected chi connectivity index (χ4v) is 2.34. The Hall–Kier alpha value is -0.690. The van der Waals surface area contributed by atoms with E-state index >= 15 is 0 Å². The van der Waals surface area contributed by atoms with Crippen molar-refractivity contribution in [2.75, 3.05) is 13.1 Å². The largest absolute Gasteiger partial charge is 0.329 e. The molecule has 0 bridgehead atoms. The second-order valence-corrected chi connectivity index (χ2v) is 4.57. The van der Waals surface area contributed by atoms with Crippen molar-refractivity contribution in [3.05, 3.63) is 23.5 Å². The maximum absolute atomic E-state index is 11.5. The molecule has 7 heteroatoms. The van der Waals surface area contributed by atoms with Crippen LogP contribution in [0.2, 0.25) is 5.15 Å². The number of nitrogens with two attached hydrogens (primary N) is 1. The Bertz CT molecular complexity index is 407. The Labute approximate surface area is 87.3 Å². The van der Waals surface area contributed by atoms with Crippen LogP contribution in [0.4, 0.5) is 0 Å². The number of sulfonamides is 1. The molecule has 0 unspecified atom stereocenters. The molecule has 0 radical (unpaired) electrons. The molecule has 1 rings (SSSR count). The lowest BCUT2D eigenvalue weighted by Gasteiger charge is -2.05. The van der Waals surface area contributed by atoms with E-state index in [0.717, 1.165) is 0 Å². The number of halogens is 1. The smallest absolute Gasteiger partial charge is 0.243 e. The highest BCUT2D eigenvalue weighted by molar-refractivity contribution is 7.89. The molecule has 0 aliphatic carbocycles. The van der Waals surface area contributed by atoms with E-state index in [-0.39, 0.29) is 23.1 Å². The van der Waals surface area contributed by atoms with Gasteiger partial charge in [-0.15, -0.1) is 0 Å². The van der Waals surface area contributed by atoms with Gasteiger partial charge in [0, 0.05) is 19.3 Å². The average Bonchev–Trinajstić information content (AvgIpc) is 2.15. The van der Waals surface area contributed by atoms with Gasteiger partial charge in [0.05, 0.1) is 0 Å². The van der Waals surface area contributed by atoms with Gasteiger partial charge in [0.15, 0.2) is 0 Å². The zero-order valence-electron chi connectivity index (χ0n) is 7.27. The van der Waals surface area contributed by atoms with E-state index in [2.05, 4.69) is 9.71 Å². The minimum absolute atomic E-state index is 0.0323. The third kappa shape index (κ3) is 2.65. The van der Waals surface area contributed by atoms with Crippen molar-refractivity contribution in [1.82, 2.24) is 9.71 Å². The molecule has 0 aliphatic heterocycles. The lowest BCUT2D eigenvalue weighted by Crippen LogP contribution is -2.29. The molecule has 0 aliphatic rings. The molecule has 3 N–H and O–H groups in total. The molecule has 0 amide bonds. The average molecular weight is 236 g/mol. The van der Waals surface area contributed by atoms with Crippen molar-refractivity contribution >= 4 is 21.6 Å². The van der Waals surface area contributed by atoms with Crippen LogP contribution in [0.3, 0.4) is 0 Å². The molecular weight excluding hydrogens is 226 g/mol. The highest BCUT2D eigenvalue weighted by atomic mass is 35.5. The summed E-state index contributed by atoms with van der Waals surface area (Å²) in [5, 5.41) is -0.0444. The molecule has 1 aromatic rings. The third-order valence-corrected chi connectivity index (χ3v) is 3.36. The Morgan fingerprint density at radius 3 is 2.86 bits per heavy atom. The predicted octanol–water partition coefficient (Wildman–Crippen LogP) is -0.0280. The van der Waals surface area contributed by atoms with Crippen molar-refractivity contribution in [1.29, 1.82) is 0 Å².